The van der Waals surface area contributed by atoms with Crippen LogP contribution >= 0.6 is 0 Å². The van der Waals surface area contributed by atoms with E-state index < -0.39 is 5.82 Å². The maximum absolute atomic E-state index is 13.8. The van der Waals surface area contributed by atoms with E-state index in [9.17, 15) is 24.3 Å². The second kappa shape index (κ2) is 8.13. The number of aromatic nitrogens is 1. The summed E-state index contributed by atoms with van der Waals surface area (Å²) >= 11 is 0. The lowest BCUT2D eigenvalue weighted by atomic mass is 10.1. The van der Waals surface area contributed by atoms with Gasteiger partial charge in [-0.25, -0.2) is 4.39 Å². The largest absolute Gasteiger partial charge is 0.508 e. The molecule has 1 N–H and O–H groups in total. The Hall–Kier alpha value is -3.34. The molecule has 7 nitrogen and oxygen atoms in total. The summed E-state index contributed by atoms with van der Waals surface area (Å²) in [5.41, 5.74) is 0.813. The molecule has 0 spiro atoms. The summed E-state index contributed by atoms with van der Waals surface area (Å²) in [4.78, 5) is 28.1. The number of carbonyl (C=O) groups is 1. The molecule has 1 aromatic carbocycles. The van der Waals surface area contributed by atoms with Crippen LogP contribution in [0.5, 0.6) is 5.75 Å². The van der Waals surface area contributed by atoms with Crippen molar-refractivity contribution in [3.05, 3.63) is 57.8 Å². The quantitative estimate of drug-likeness (QED) is 0.865. The first-order chi connectivity index (χ1) is 13.4. The number of amides is 1. The van der Waals surface area contributed by atoms with Crippen LogP contribution in [-0.2, 0) is 11.3 Å². The maximum Gasteiger partial charge on any atom is 0.254 e. The maximum atomic E-state index is 13.8. The number of piperazine rings is 1. The number of aromatic hydroxyl groups is 1. The van der Waals surface area contributed by atoms with E-state index in [1.54, 1.807) is 24.0 Å². The first-order valence-electron chi connectivity index (χ1n) is 9.02. The summed E-state index contributed by atoms with van der Waals surface area (Å²) < 4.78 is 15.3. The molecule has 0 radical (unpaired) electrons. The monoisotopic (exact) mass is 384 g/mol. The van der Waals surface area contributed by atoms with Crippen molar-refractivity contribution in [1.29, 1.82) is 5.26 Å². The van der Waals surface area contributed by atoms with E-state index in [-0.39, 0.29) is 35.7 Å². The molecule has 0 bridgehead atoms. The number of anilines is 1. The fourth-order valence-corrected chi connectivity index (χ4v) is 3.45. The molecular weight excluding hydrogens is 363 g/mol. The van der Waals surface area contributed by atoms with Crippen LogP contribution in [0.2, 0.25) is 0 Å². The van der Waals surface area contributed by atoms with Crippen molar-refractivity contribution in [3.63, 3.8) is 0 Å². The molecule has 28 heavy (non-hydrogen) atoms. The second-order valence-corrected chi connectivity index (χ2v) is 6.71. The van der Waals surface area contributed by atoms with Gasteiger partial charge in [-0.15, -0.1) is 0 Å². The molecule has 0 saturated carbocycles. The standard InChI is InChI=1S/C20H21FN4O3/c1-14-11-15(26)12-20(28)25(14)6-5-19(27)24-9-7-23(8-10-24)18-4-2-3-17(21)16(18)13-22/h2-4,11-12,26H,5-10H2,1H3. The van der Waals surface area contributed by atoms with Gasteiger partial charge in [-0.05, 0) is 25.1 Å². The van der Waals surface area contributed by atoms with Crippen molar-refractivity contribution in [3.8, 4) is 11.8 Å². The molecule has 8 heteroatoms. The minimum atomic E-state index is -0.548. The molecule has 1 aromatic heterocycles. The normalized spacial score (nSPS) is 14.0. The minimum absolute atomic E-state index is 0.0180. The molecule has 2 aromatic rings. The Morgan fingerprint density at radius 3 is 2.61 bits per heavy atom. The van der Waals surface area contributed by atoms with Gasteiger partial charge in [0, 0.05) is 50.9 Å². The van der Waals surface area contributed by atoms with E-state index in [0.717, 1.165) is 6.07 Å². The molecular formula is C20H21FN4O3. The van der Waals surface area contributed by atoms with Gasteiger partial charge >= 0.3 is 0 Å². The fourth-order valence-electron chi connectivity index (χ4n) is 3.45. The smallest absolute Gasteiger partial charge is 0.254 e. The van der Waals surface area contributed by atoms with Crippen LogP contribution in [0.1, 0.15) is 17.7 Å². The number of hydrogen-bond acceptors (Lipinski definition) is 5. The van der Waals surface area contributed by atoms with Gasteiger partial charge in [0.05, 0.1) is 5.69 Å². The number of aryl methyl sites for hydroxylation is 1. The summed E-state index contributed by atoms with van der Waals surface area (Å²) in [5.74, 6) is -0.706. The number of carbonyl (C=O) groups excluding carboxylic acids is 1. The third-order valence-corrected chi connectivity index (χ3v) is 4.95. The van der Waals surface area contributed by atoms with E-state index in [1.165, 1.54) is 16.7 Å². The Kier molecular flexibility index (Phi) is 5.64. The Bertz CT molecular complexity index is 988. The van der Waals surface area contributed by atoms with Gasteiger partial charge in [0.2, 0.25) is 5.91 Å². The fraction of sp³-hybridized carbons (Fsp3) is 0.350. The zero-order valence-corrected chi connectivity index (χ0v) is 15.6. The molecule has 0 aliphatic carbocycles. The predicted octanol–water partition coefficient (Wildman–Crippen LogP) is 1.61. The third-order valence-electron chi connectivity index (χ3n) is 4.95. The van der Waals surface area contributed by atoms with Crippen LogP contribution < -0.4 is 10.5 Å². The Labute approximate surface area is 161 Å². The number of nitrogens with zero attached hydrogens (tertiary/aromatic N) is 4. The van der Waals surface area contributed by atoms with Gasteiger partial charge in [0.15, 0.2) is 0 Å². The summed E-state index contributed by atoms with van der Waals surface area (Å²) in [5, 5.41) is 18.6. The van der Waals surface area contributed by atoms with Gasteiger partial charge < -0.3 is 19.5 Å². The Balaban J connectivity index is 1.60. The lowest BCUT2D eigenvalue weighted by Crippen LogP contribution is -2.49. The van der Waals surface area contributed by atoms with Gasteiger partial charge in [-0.1, -0.05) is 6.07 Å². The Morgan fingerprint density at radius 2 is 1.96 bits per heavy atom. The van der Waals surface area contributed by atoms with Gasteiger partial charge in [0.1, 0.15) is 23.2 Å². The summed E-state index contributed by atoms with van der Waals surface area (Å²) in [6, 6.07) is 9.05. The first-order valence-corrected chi connectivity index (χ1v) is 9.02. The lowest BCUT2D eigenvalue weighted by Gasteiger charge is -2.36. The van der Waals surface area contributed by atoms with Crippen molar-refractivity contribution in [2.24, 2.45) is 0 Å². The molecule has 0 unspecified atom stereocenters. The van der Waals surface area contributed by atoms with Crippen molar-refractivity contribution in [2.75, 3.05) is 31.1 Å². The summed E-state index contributed by atoms with van der Waals surface area (Å²) in [6.07, 6.45) is 0.176. The molecule has 1 amide bonds. The number of hydrogen-bond donors (Lipinski definition) is 1. The summed E-state index contributed by atoms with van der Waals surface area (Å²) in [6.45, 7) is 3.88. The molecule has 0 atom stereocenters. The molecule has 1 saturated heterocycles. The van der Waals surface area contributed by atoms with E-state index in [1.807, 2.05) is 11.0 Å². The highest BCUT2D eigenvalue weighted by Crippen LogP contribution is 2.23. The summed E-state index contributed by atoms with van der Waals surface area (Å²) in [7, 11) is 0. The zero-order valence-electron chi connectivity index (χ0n) is 15.6. The van der Waals surface area contributed by atoms with Crippen LogP contribution in [0.15, 0.2) is 35.1 Å². The number of nitriles is 1. The average Bonchev–Trinajstić information content (AvgIpc) is 2.67. The average molecular weight is 384 g/mol. The molecule has 3 rings (SSSR count). The first kappa shape index (κ1) is 19.4. The van der Waals surface area contributed by atoms with Crippen molar-refractivity contribution < 1.29 is 14.3 Å². The molecule has 146 valence electrons. The number of halogens is 1. The van der Waals surface area contributed by atoms with E-state index >= 15 is 0 Å². The lowest BCUT2D eigenvalue weighted by molar-refractivity contribution is -0.131. The minimum Gasteiger partial charge on any atom is -0.508 e. The molecule has 1 fully saturated rings. The van der Waals surface area contributed by atoms with E-state index in [4.69, 9.17) is 0 Å². The number of rotatable bonds is 4. The second-order valence-electron chi connectivity index (χ2n) is 6.71. The van der Waals surface area contributed by atoms with Crippen molar-refractivity contribution >= 4 is 11.6 Å². The number of benzene rings is 1. The topological polar surface area (TPSA) is 89.6 Å². The molecule has 1 aliphatic rings. The van der Waals surface area contributed by atoms with Crippen LogP contribution in [0, 0.1) is 24.1 Å². The van der Waals surface area contributed by atoms with Crippen LogP contribution in [0.25, 0.3) is 0 Å². The van der Waals surface area contributed by atoms with Gasteiger partial charge in [-0.2, -0.15) is 5.26 Å². The van der Waals surface area contributed by atoms with Crippen molar-refractivity contribution in [2.45, 2.75) is 19.9 Å². The van der Waals surface area contributed by atoms with Crippen LogP contribution in [-0.4, -0.2) is 46.7 Å². The SMILES string of the molecule is Cc1cc(O)cc(=O)n1CCC(=O)N1CCN(c2cccc(F)c2C#N)CC1. The zero-order chi connectivity index (χ0) is 20.3. The predicted molar refractivity (Wildman–Crippen MR) is 102 cm³/mol. The molecule has 2 heterocycles. The highest BCUT2D eigenvalue weighted by atomic mass is 19.1. The van der Waals surface area contributed by atoms with E-state index in [2.05, 4.69) is 0 Å². The highest BCUT2D eigenvalue weighted by molar-refractivity contribution is 5.76. The third kappa shape index (κ3) is 3.98. The number of pyridine rings is 1. The Morgan fingerprint density at radius 1 is 1.25 bits per heavy atom. The van der Waals surface area contributed by atoms with Gasteiger partial charge in [-0.3, -0.25) is 9.59 Å². The van der Waals surface area contributed by atoms with E-state index in [0.29, 0.717) is 37.6 Å². The highest BCUT2D eigenvalue weighted by Gasteiger charge is 2.23. The van der Waals surface area contributed by atoms with Crippen LogP contribution in [0.3, 0.4) is 0 Å². The van der Waals surface area contributed by atoms with Crippen molar-refractivity contribution in [1.82, 2.24) is 9.47 Å². The van der Waals surface area contributed by atoms with Gasteiger partial charge in [0.25, 0.3) is 5.56 Å². The van der Waals surface area contributed by atoms with Crippen LogP contribution in [0.4, 0.5) is 10.1 Å². The molecule has 1 aliphatic heterocycles.